The summed E-state index contributed by atoms with van der Waals surface area (Å²) in [5.74, 6) is 1.55. The maximum atomic E-state index is 5.60. The summed E-state index contributed by atoms with van der Waals surface area (Å²) in [7, 11) is 0. The molecule has 1 saturated heterocycles. The molecular weight excluding hydrogens is 164 g/mol. The van der Waals surface area contributed by atoms with Crippen LogP contribution in [0.15, 0.2) is 4.99 Å². The van der Waals surface area contributed by atoms with Crippen molar-refractivity contribution in [3.8, 4) is 0 Å². The van der Waals surface area contributed by atoms with Gasteiger partial charge in [-0.05, 0) is 25.3 Å². The van der Waals surface area contributed by atoms with Crippen molar-refractivity contribution in [2.24, 2.45) is 10.9 Å². The van der Waals surface area contributed by atoms with E-state index in [-0.39, 0.29) is 0 Å². The fourth-order valence-electron chi connectivity index (χ4n) is 1.84. The van der Waals surface area contributed by atoms with Gasteiger partial charge in [0, 0.05) is 0 Å². The number of nitrogens with zero attached hydrogens (tertiary/aromatic N) is 1. The fraction of sp³-hybridized carbons (Fsp3) is 0.900. The van der Waals surface area contributed by atoms with Crippen molar-refractivity contribution in [2.45, 2.75) is 38.8 Å². The van der Waals surface area contributed by atoms with Crippen molar-refractivity contribution in [1.82, 2.24) is 5.32 Å². The molecule has 3 nitrogen and oxygen atoms in total. The zero-order chi connectivity index (χ0) is 9.26. The molecule has 0 aromatic heterocycles. The maximum absolute atomic E-state index is 5.60. The Balaban J connectivity index is 1.97. The summed E-state index contributed by atoms with van der Waals surface area (Å²) in [5.41, 5.74) is 0. The Morgan fingerprint density at radius 3 is 2.92 bits per heavy atom. The van der Waals surface area contributed by atoms with Crippen LogP contribution in [0.1, 0.15) is 26.7 Å². The van der Waals surface area contributed by atoms with Crippen LogP contribution < -0.4 is 5.32 Å². The second kappa shape index (κ2) is 3.66. The van der Waals surface area contributed by atoms with E-state index in [2.05, 4.69) is 24.2 Å². The molecule has 2 aliphatic rings. The highest BCUT2D eigenvalue weighted by Gasteiger charge is 2.28. The van der Waals surface area contributed by atoms with Crippen molar-refractivity contribution in [1.29, 1.82) is 0 Å². The predicted octanol–water partition coefficient (Wildman–Crippen LogP) is 1.19. The lowest BCUT2D eigenvalue weighted by Gasteiger charge is -2.08. The Morgan fingerprint density at radius 2 is 2.38 bits per heavy atom. The molecule has 3 heteroatoms. The summed E-state index contributed by atoms with van der Waals surface area (Å²) >= 11 is 0. The van der Waals surface area contributed by atoms with Gasteiger partial charge in [0.05, 0.1) is 12.1 Å². The van der Waals surface area contributed by atoms with Gasteiger partial charge in [-0.1, -0.05) is 13.8 Å². The Bertz CT molecular complexity index is 207. The number of nitrogens with one attached hydrogen (secondary N) is 1. The van der Waals surface area contributed by atoms with Gasteiger partial charge in [0.1, 0.15) is 6.61 Å². The number of hydrogen-bond donors (Lipinski definition) is 1. The maximum Gasteiger partial charge on any atom is 0.201 e. The zero-order valence-corrected chi connectivity index (χ0v) is 8.42. The van der Waals surface area contributed by atoms with E-state index in [0.717, 1.165) is 19.0 Å². The number of rotatable bonds is 2. The Morgan fingerprint density at radius 1 is 1.54 bits per heavy atom. The normalized spacial score (nSPS) is 33.6. The SMILES string of the molecule is CC(C)[C@H]1COC([C@H]2CCCN2)=N1. The van der Waals surface area contributed by atoms with Crippen LogP contribution in [-0.4, -0.2) is 31.1 Å². The molecule has 0 amide bonds. The minimum atomic E-state index is 0.386. The lowest BCUT2D eigenvalue weighted by atomic mass is 10.1. The lowest BCUT2D eigenvalue weighted by Crippen LogP contribution is -2.30. The van der Waals surface area contributed by atoms with Crippen LogP contribution in [0.5, 0.6) is 0 Å². The zero-order valence-electron chi connectivity index (χ0n) is 8.42. The van der Waals surface area contributed by atoms with Crippen LogP contribution in [0.4, 0.5) is 0 Å². The van der Waals surface area contributed by atoms with Crippen LogP contribution >= 0.6 is 0 Å². The third-order valence-electron chi connectivity index (χ3n) is 2.82. The molecule has 0 aromatic rings. The Kier molecular flexibility index (Phi) is 2.54. The predicted molar refractivity (Wildman–Crippen MR) is 53.0 cm³/mol. The van der Waals surface area contributed by atoms with Gasteiger partial charge in [0.2, 0.25) is 5.90 Å². The van der Waals surface area contributed by atoms with Gasteiger partial charge in [0.15, 0.2) is 0 Å². The van der Waals surface area contributed by atoms with Crippen LogP contribution in [0.2, 0.25) is 0 Å². The van der Waals surface area contributed by atoms with E-state index in [1.165, 1.54) is 12.8 Å². The van der Waals surface area contributed by atoms with Gasteiger partial charge >= 0.3 is 0 Å². The highest BCUT2D eigenvalue weighted by atomic mass is 16.5. The molecule has 2 atom stereocenters. The van der Waals surface area contributed by atoms with Gasteiger partial charge in [-0.2, -0.15) is 0 Å². The first-order valence-electron chi connectivity index (χ1n) is 5.21. The standard InChI is InChI=1S/C10H18N2O/c1-7(2)9-6-13-10(12-9)8-4-3-5-11-8/h7-9,11H,3-6H2,1-2H3/t8-,9-/m1/s1. The first kappa shape index (κ1) is 9.00. The van der Waals surface area contributed by atoms with Crippen LogP contribution in [0.25, 0.3) is 0 Å². The summed E-state index contributed by atoms with van der Waals surface area (Å²) in [6.45, 7) is 6.29. The van der Waals surface area contributed by atoms with Crippen LogP contribution in [0, 0.1) is 5.92 Å². The largest absolute Gasteiger partial charge is 0.478 e. The summed E-state index contributed by atoms with van der Waals surface area (Å²) in [6, 6.07) is 0.793. The molecule has 0 aliphatic carbocycles. The molecule has 0 saturated carbocycles. The first-order chi connectivity index (χ1) is 6.27. The van der Waals surface area contributed by atoms with E-state index in [1.54, 1.807) is 0 Å². The van der Waals surface area contributed by atoms with Crippen molar-refractivity contribution in [3.05, 3.63) is 0 Å². The Hall–Kier alpha value is -0.570. The number of hydrogen-bond acceptors (Lipinski definition) is 3. The summed E-state index contributed by atoms with van der Waals surface area (Å²) < 4.78 is 5.60. The van der Waals surface area contributed by atoms with Crippen molar-refractivity contribution >= 4 is 5.90 Å². The van der Waals surface area contributed by atoms with Crippen molar-refractivity contribution in [2.75, 3.05) is 13.2 Å². The molecule has 0 radical (unpaired) electrons. The smallest absolute Gasteiger partial charge is 0.201 e. The highest BCUT2D eigenvalue weighted by Crippen LogP contribution is 2.18. The summed E-state index contributed by atoms with van der Waals surface area (Å²) in [4.78, 5) is 4.60. The Labute approximate surface area is 79.6 Å². The van der Waals surface area contributed by atoms with E-state index in [9.17, 15) is 0 Å². The molecule has 0 aromatic carbocycles. The van der Waals surface area contributed by atoms with Gasteiger partial charge in [0.25, 0.3) is 0 Å². The van der Waals surface area contributed by atoms with Crippen LogP contribution in [0.3, 0.4) is 0 Å². The van der Waals surface area contributed by atoms with E-state index in [1.807, 2.05) is 0 Å². The molecule has 2 aliphatic heterocycles. The van der Waals surface area contributed by atoms with Gasteiger partial charge in [-0.3, -0.25) is 0 Å². The molecule has 0 bridgehead atoms. The summed E-state index contributed by atoms with van der Waals surface area (Å²) in [6.07, 6.45) is 2.43. The molecular formula is C10H18N2O. The quantitative estimate of drug-likeness (QED) is 0.696. The molecule has 1 N–H and O–H groups in total. The molecule has 0 unspecified atom stereocenters. The average Bonchev–Trinajstić information content (AvgIpc) is 2.75. The van der Waals surface area contributed by atoms with E-state index in [0.29, 0.717) is 18.0 Å². The fourth-order valence-corrected chi connectivity index (χ4v) is 1.84. The molecule has 0 spiro atoms. The van der Waals surface area contributed by atoms with Crippen molar-refractivity contribution in [3.63, 3.8) is 0 Å². The van der Waals surface area contributed by atoms with Gasteiger partial charge in [-0.25, -0.2) is 4.99 Å². The minimum absolute atomic E-state index is 0.386. The highest BCUT2D eigenvalue weighted by molar-refractivity contribution is 5.83. The molecule has 74 valence electrons. The first-order valence-corrected chi connectivity index (χ1v) is 5.21. The summed E-state index contributed by atoms with van der Waals surface area (Å²) in [5, 5.41) is 3.40. The van der Waals surface area contributed by atoms with Crippen LogP contribution in [-0.2, 0) is 4.74 Å². The molecule has 13 heavy (non-hydrogen) atoms. The van der Waals surface area contributed by atoms with E-state index < -0.39 is 0 Å². The lowest BCUT2D eigenvalue weighted by molar-refractivity contribution is 0.281. The van der Waals surface area contributed by atoms with E-state index in [4.69, 9.17) is 4.74 Å². The second-order valence-corrected chi connectivity index (χ2v) is 4.24. The monoisotopic (exact) mass is 182 g/mol. The van der Waals surface area contributed by atoms with Gasteiger partial charge < -0.3 is 10.1 Å². The van der Waals surface area contributed by atoms with E-state index >= 15 is 0 Å². The third kappa shape index (κ3) is 1.85. The average molecular weight is 182 g/mol. The number of aliphatic imine (C=N–C) groups is 1. The third-order valence-corrected chi connectivity index (χ3v) is 2.82. The second-order valence-electron chi connectivity index (χ2n) is 4.24. The molecule has 1 fully saturated rings. The molecule has 2 heterocycles. The van der Waals surface area contributed by atoms with Crippen molar-refractivity contribution < 1.29 is 4.74 Å². The topological polar surface area (TPSA) is 33.6 Å². The number of ether oxygens (including phenoxy) is 1. The minimum Gasteiger partial charge on any atom is -0.478 e. The van der Waals surface area contributed by atoms with Gasteiger partial charge in [-0.15, -0.1) is 0 Å². The molecule has 2 rings (SSSR count).